The topological polar surface area (TPSA) is 199 Å². The lowest BCUT2D eigenvalue weighted by Gasteiger charge is -2.23. The summed E-state index contributed by atoms with van der Waals surface area (Å²) in [6.07, 6.45) is -6.84. The van der Waals surface area contributed by atoms with E-state index in [1.165, 1.54) is 0 Å². The van der Waals surface area contributed by atoms with E-state index in [1.807, 2.05) is 0 Å². The number of aldehydes is 1. The van der Waals surface area contributed by atoms with Crippen LogP contribution >= 0.6 is 0 Å². The van der Waals surface area contributed by atoms with Crippen molar-refractivity contribution < 1.29 is 50.8 Å². The fourth-order valence-electron chi connectivity index (χ4n) is 0.918. The number of aliphatic hydroxyl groups excluding tert-OH is 9. The second kappa shape index (κ2) is 11.9. The van der Waals surface area contributed by atoms with Crippen molar-refractivity contribution >= 4 is 6.29 Å². The zero-order valence-electron chi connectivity index (χ0n) is 11.4. The van der Waals surface area contributed by atoms with Crippen molar-refractivity contribution in [2.24, 2.45) is 5.41 Å². The molecule has 0 radical (unpaired) electrons. The van der Waals surface area contributed by atoms with Crippen molar-refractivity contribution in [1.82, 2.24) is 0 Å². The van der Waals surface area contributed by atoms with Gasteiger partial charge < -0.3 is 50.8 Å². The first-order valence-electron chi connectivity index (χ1n) is 6.01. The smallest absolute Gasteiger partial charge is 0.151 e. The van der Waals surface area contributed by atoms with Crippen LogP contribution in [0, 0.1) is 5.41 Å². The van der Waals surface area contributed by atoms with Gasteiger partial charge in [0.2, 0.25) is 0 Å². The minimum absolute atomic E-state index is 0.0258. The summed E-state index contributed by atoms with van der Waals surface area (Å²) in [7, 11) is 0. The van der Waals surface area contributed by atoms with Crippen molar-refractivity contribution in [2.75, 3.05) is 33.0 Å². The van der Waals surface area contributed by atoms with E-state index < -0.39 is 62.9 Å². The lowest BCUT2D eigenvalue weighted by Crippen LogP contribution is -2.46. The Bertz CT molecular complexity index is 240. The number of rotatable bonds is 9. The summed E-state index contributed by atoms with van der Waals surface area (Å²) in [5.41, 5.74) is -1.11. The Hall–Kier alpha value is -0.690. The second-order valence-corrected chi connectivity index (χ2v) is 4.49. The summed E-state index contributed by atoms with van der Waals surface area (Å²) in [6, 6.07) is 0. The number of carbonyl (C=O) groups excluding carboxylic acids is 1. The van der Waals surface area contributed by atoms with Crippen molar-refractivity contribution in [3.63, 3.8) is 0 Å². The summed E-state index contributed by atoms with van der Waals surface area (Å²) in [6.45, 7) is -2.39. The summed E-state index contributed by atoms with van der Waals surface area (Å²) in [5.74, 6) is 0. The molecule has 0 rings (SSSR count). The zero-order chi connectivity index (χ0) is 17.1. The summed E-state index contributed by atoms with van der Waals surface area (Å²) < 4.78 is 0. The third kappa shape index (κ3) is 7.76. The van der Waals surface area contributed by atoms with Gasteiger partial charge in [-0.15, -0.1) is 0 Å². The first-order valence-corrected chi connectivity index (χ1v) is 6.01. The quantitative estimate of drug-likeness (QED) is 0.185. The van der Waals surface area contributed by atoms with E-state index in [2.05, 4.69) is 0 Å². The lowest BCUT2D eigenvalue weighted by atomic mass is 9.93. The number of aliphatic hydroxyl groups is 9. The molecule has 0 spiro atoms. The summed E-state index contributed by atoms with van der Waals surface area (Å²) in [4.78, 5) is 9.90. The standard InChI is InChI=1S/C6H12O6.C5H12O4/c7-1-3(9)5(11)6(12)4(10)2-8;6-1-5(2-7,3-8)4-9/h1,3-6,8-12H,2H2;6-9H,1-4H2. The highest BCUT2D eigenvalue weighted by molar-refractivity contribution is 5.56. The minimum Gasteiger partial charge on any atom is -0.396 e. The monoisotopic (exact) mass is 316 g/mol. The molecule has 128 valence electrons. The predicted octanol–water partition coefficient (Wildman–Crippen LogP) is -5.44. The third-order valence-electron chi connectivity index (χ3n) is 2.76. The van der Waals surface area contributed by atoms with Gasteiger partial charge in [0.15, 0.2) is 6.29 Å². The SMILES string of the molecule is O=CC(O)C(O)C(O)C(O)CO.OCC(CO)(CO)CO. The highest BCUT2D eigenvalue weighted by Crippen LogP contribution is 2.11. The summed E-state index contributed by atoms with van der Waals surface area (Å²) >= 11 is 0. The average molecular weight is 316 g/mol. The molecule has 0 amide bonds. The lowest BCUT2D eigenvalue weighted by molar-refractivity contribution is -0.136. The van der Waals surface area contributed by atoms with Crippen LogP contribution in [0.15, 0.2) is 0 Å². The molecule has 0 bridgehead atoms. The van der Waals surface area contributed by atoms with E-state index in [0.717, 1.165) is 0 Å². The van der Waals surface area contributed by atoms with E-state index in [9.17, 15) is 4.79 Å². The average Bonchev–Trinajstić information content (AvgIpc) is 2.55. The van der Waals surface area contributed by atoms with E-state index in [0.29, 0.717) is 0 Å². The van der Waals surface area contributed by atoms with Gasteiger partial charge in [-0.3, -0.25) is 0 Å². The van der Waals surface area contributed by atoms with E-state index in [-0.39, 0.29) is 6.29 Å². The fourth-order valence-corrected chi connectivity index (χ4v) is 0.918. The van der Waals surface area contributed by atoms with Gasteiger partial charge in [0.25, 0.3) is 0 Å². The van der Waals surface area contributed by atoms with Gasteiger partial charge in [0.05, 0.1) is 38.4 Å². The molecule has 21 heavy (non-hydrogen) atoms. The molecule has 4 atom stereocenters. The van der Waals surface area contributed by atoms with E-state index in [4.69, 9.17) is 46.0 Å². The molecule has 4 unspecified atom stereocenters. The molecule has 0 saturated heterocycles. The first kappa shape index (κ1) is 22.6. The van der Waals surface area contributed by atoms with Crippen LogP contribution in [0.2, 0.25) is 0 Å². The van der Waals surface area contributed by atoms with Crippen molar-refractivity contribution in [1.29, 1.82) is 0 Å². The molecule has 9 N–H and O–H groups in total. The maximum absolute atomic E-state index is 9.90. The van der Waals surface area contributed by atoms with Crippen molar-refractivity contribution in [2.45, 2.75) is 24.4 Å². The van der Waals surface area contributed by atoms with Crippen molar-refractivity contribution in [3.8, 4) is 0 Å². The molecule has 0 heterocycles. The zero-order valence-corrected chi connectivity index (χ0v) is 11.4. The third-order valence-corrected chi connectivity index (χ3v) is 2.76. The molecule has 0 aliphatic heterocycles. The molecule has 0 saturated carbocycles. The predicted molar refractivity (Wildman–Crippen MR) is 68.0 cm³/mol. The van der Waals surface area contributed by atoms with Crippen LogP contribution in [0.1, 0.15) is 0 Å². The molecule has 0 aliphatic carbocycles. The van der Waals surface area contributed by atoms with E-state index >= 15 is 0 Å². The number of hydrogen-bond acceptors (Lipinski definition) is 10. The van der Waals surface area contributed by atoms with Crippen LogP contribution in [0.5, 0.6) is 0 Å². The summed E-state index contributed by atoms with van der Waals surface area (Å²) in [5, 5.41) is 77.5. The first-order chi connectivity index (χ1) is 9.78. The van der Waals surface area contributed by atoms with Gasteiger partial charge in [0, 0.05) is 0 Å². The van der Waals surface area contributed by atoms with Gasteiger partial charge >= 0.3 is 0 Å². The Labute approximate surface area is 121 Å². The maximum atomic E-state index is 9.90. The van der Waals surface area contributed by atoms with Gasteiger partial charge in [-0.05, 0) is 0 Å². The van der Waals surface area contributed by atoms with Crippen LogP contribution < -0.4 is 0 Å². The highest BCUT2D eigenvalue weighted by Gasteiger charge is 2.29. The van der Waals surface area contributed by atoms with Crippen LogP contribution in [-0.2, 0) is 4.79 Å². The van der Waals surface area contributed by atoms with Gasteiger partial charge in [-0.2, -0.15) is 0 Å². The van der Waals surface area contributed by atoms with E-state index in [1.54, 1.807) is 0 Å². The Morgan fingerprint density at radius 2 is 1.14 bits per heavy atom. The number of carbonyl (C=O) groups is 1. The Morgan fingerprint density at radius 3 is 1.33 bits per heavy atom. The van der Waals surface area contributed by atoms with Crippen LogP contribution in [0.4, 0.5) is 0 Å². The van der Waals surface area contributed by atoms with Crippen LogP contribution in [0.3, 0.4) is 0 Å². The van der Waals surface area contributed by atoms with Crippen molar-refractivity contribution in [3.05, 3.63) is 0 Å². The molecular weight excluding hydrogens is 292 g/mol. The molecule has 0 aliphatic rings. The normalized spacial score (nSPS) is 17.2. The molecule has 0 aromatic heterocycles. The largest absolute Gasteiger partial charge is 0.396 e. The molecule has 0 fully saturated rings. The molecule has 0 aromatic rings. The Balaban J connectivity index is 0. The minimum atomic E-state index is -1.79. The maximum Gasteiger partial charge on any atom is 0.151 e. The Kier molecular flexibility index (Phi) is 12.8. The highest BCUT2D eigenvalue weighted by atomic mass is 16.4. The fraction of sp³-hybridized carbons (Fsp3) is 0.909. The molecule has 0 aromatic carbocycles. The second-order valence-electron chi connectivity index (χ2n) is 4.49. The van der Waals surface area contributed by atoms with Crippen LogP contribution in [-0.4, -0.2) is 110 Å². The van der Waals surface area contributed by atoms with Gasteiger partial charge in [-0.1, -0.05) is 0 Å². The van der Waals surface area contributed by atoms with Gasteiger partial charge in [-0.25, -0.2) is 0 Å². The number of hydrogen-bond donors (Lipinski definition) is 9. The molecule has 10 heteroatoms. The van der Waals surface area contributed by atoms with Crippen LogP contribution in [0.25, 0.3) is 0 Å². The van der Waals surface area contributed by atoms with Gasteiger partial charge in [0.1, 0.15) is 24.4 Å². The molecule has 10 nitrogen and oxygen atoms in total. The Morgan fingerprint density at radius 1 is 0.762 bits per heavy atom. The molecular formula is C11H24O10.